The van der Waals surface area contributed by atoms with Gasteiger partial charge >= 0.3 is 0 Å². The maximum absolute atomic E-state index is 13.2. The van der Waals surface area contributed by atoms with Gasteiger partial charge in [0.05, 0.1) is 4.90 Å². The molecule has 0 fully saturated rings. The van der Waals surface area contributed by atoms with Crippen LogP contribution in [0.2, 0.25) is 0 Å². The summed E-state index contributed by atoms with van der Waals surface area (Å²) < 4.78 is 33.1. The molecular formula is C23H24BrN3O5S. The molecule has 1 amide bonds. The van der Waals surface area contributed by atoms with Crippen LogP contribution < -0.4 is 10.2 Å². The highest BCUT2D eigenvalue weighted by molar-refractivity contribution is 9.10. The van der Waals surface area contributed by atoms with Crippen molar-refractivity contribution >= 4 is 31.7 Å². The predicted molar refractivity (Wildman–Crippen MR) is 125 cm³/mol. The number of rotatable bonds is 9. The third-order valence-corrected chi connectivity index (χ3v) is 6.82. The number of pyridine rings is 1. The second-order valence-electron chi connectivity index (χ2n) is 7.64. The van der Waals surface area contributed by atoms with Gasteiger partial charge in [-0.25, -0.2) is 18.8 Å². The van der Waals surface area contributed by atoms with Crippen molar-refractivity contribution < 1.29 is 23.2 Å². The van der Waals surface area contributed by atoms with E-state index in [-0.39, 0.29) is 28.8 Å². The standard InChI is InChI=1S/C23H24BrN3O5S/c1-16(2)14-22(28)27(29)26-15-17-4-3-13-25-23(17)33(30,31)21-11-9-20(10-12-21)32-19-7-5-18(24)6-8-19/h3-13,16,26,29H,14-15H2,1-2H3. The smallest absolute Gasteiger partial charge is 0.261 e. The largest absolute Gasteiger partial charge is 0.457 e. The highest BCUT2D eigenvalue weighted by atomic mass is 79.9. The summed E-state index contributed by atoms with van der Waals surface area (Å²) in [5, 5.41) is 10.1. The number of sulfone groups is 1. The normalized spacial score (nSPS) is 11.4. The van der Waals surface area contributed by atoms with Crippen molar-refractivity contribution in [1.82, 2.24) is 15.6 Å². The zero-order chi connectivity index (χ0) is 24.0. The summed E-state index contributed by atoms with van der Waals surface area (Å²) in [6.07, 6.45) is 1.53. The fraction of sp³-hybridized carbons (Fsp3) is 0.217. The number of hydrazine groups is 1. The van der Waals surface area contributed by atoms with Crippen LogP contribution in [0.15, 0.2) is 81.3 Å². The minimum Gasteiger partial charge on any atom is -0.457 e. The first kappa shape index (κ1) is 24.8. The summed E-state index contributed by atoms with van der Waals surface area (Å²) in [4.78, 5) is 16.0. The Bertz CT molecular complexity index is 1200. The van der Waals surface area contributed by atoms with Gasteiger partial charge in [0.2, 0.25) is 9.84 Å². The Morgan fingerprint density at radius 2 is 1.70 bits per heavy atom. The molecule has 0 radical (unpaired) electrons. The second kappa shape index (κ2) is 10.9. The lowest BCUT2D eigenvalue weighted by Crippen LogP contribution is -2.40. The van der Waals surface area contributed by atoms with E-state index in [9.17, 15) is 18.4 Å². The lowest BCUT2D eigenvalue weighted by molar-refractivity contribution is -0.181. The zero-order valence-electron chi connectivity index (χ0n) is 18.1. The first-order chi connectivity index (χ1) is 15.7. The number of hydroxylamine groups is 1. The van der Waals surface area contributed by atoms with E-state index in [4.69, 9.17) is 4.74 Å². The average molecular weight is 534 g/mol. The average Bonchev–Trinajstić information content (AvgIpc) is 2.79. The summed E-state index contributed by atoms with van der Waals surface area (Å²) >= 11 is 3.36. The summed E-state index contributed by atoms with van der Waals surface area (Å²) in [6, 6.07) is 16.4. The van der Waals surface area contributed by atoms with Crippen molar-refractivity contribution in [3.05, 3.63) is 76.9 Å². The van der Waals surface area contributed by atoms with Crippen LogP contribution in [0.3, 0.4) is 0 Å². The molecular weight excluding hydrogens is 510 g/mol. The number of nitrogens with one attached hydrogen (secondary N) is 1. The molecule has 0 saturated carbocycles. The number of carbonyl (C=O) groups is 1. The molecule has 10 heteroatoms. The van der Waals surface area contributed by atoms with E-state index >= 15 is 0 Å². The molecule has 2 aromatic carbocycles. The summed E-state index contributed by atoms with van der Waals surface area (Å²) in [7, 11) is -3.95. The van der Waals surface area contributed by atoms with Gasteiger partial charge in [-0.05, 0) is 60.5 Å². The highest BCUT2D eigenvalue weighted by Crippen LogP contribution is 2.27. The molecule has 0 aliphatic carbocycles. The van der Waals surface area contributed by atoms with E-state index in [0.29, 0.717) is 22.2 Å². The number of halogens is 1. The number of nitrogens with zero attached hydrogens (tertiary/aromatic N) is 2. The molecule has 33 heavy (non-hydrogen) atoms. The number of hydrogen-bond donors (Lipinski definition) is 2. The van der Waals surface area contributed by atoms with Gasteiger partial charge in [0.15, 0.2) is 5.03 Å². The van der Waals surface area contributed by atoms with Gasteiger partial charge in [-0.1, -0.05) is 35.8 Å². The number of benzene rings is 2. The number of ether oxygens (including phenoxy) is 1. The zero-order valence-corrected chi connectivity index (χ0v) is 20.5. The van der Waals surface area contributed by atoms with Gasteiger partial charge in [-0.2, -0.15) is 5.17 Å². The van der Waals surface area contributed by atoms with Gasteiger partial charge in [0, 0.05) is 29.2 Å². The molecule has 3 aromatic rings. The monoisotopic (exact) mass is 533 g/mol. The lowest BCUT2D eigenvalue weighted by Gasteiger charge is -2.18. The van der Waals surface area contributed by atoms with E-state index in [1.165, 1.54) is 18.3 Å². The molecule has 1 aromatic heterocycles. The topological polar surface area (TPSA) is 109 Å². The van der Waals surface area contributed by atoms with Crippen molar-refractivity contribution in [3.8, 4) is 11.5 Å². The predicted octanol–water partition coefficient (Wildman–Crippen LogP) is 4.74. The molecule has 174 valence electrons. The van der Waals surface area contributed by atoms with Gasteiger partial charge in [0.1, 0.15) is 11.5 Å². The van der Waals surface area contributed by atoms with E-state index < -0.39 is 15.7 Å². The number of hydrogen-bond acceptors (Lipinski definition) is 7. The van der Waals surface area contributed by atoms with E-state index in [0.717, 1.165) is 4.47 Å². The van der Waals surface area contributed by atoms with Gasteiger partial charge in [0.25, 0.3) is 5.91 Å². The van der Waals surface area contributed by atoms with Crippen LogP contribution in [0.4, 0.5) is 0 Å². The minimum atomic E-state index is -3.95. The third-order valence-electron chi connectivity index (χ3n) is 4.53. The van der Waals surface area contributed by atoms with Gasteiger partial charge < -0.3 is 4.74 Å². The van der Waals surface area contributed by atoms with Crippen LogP contribution in [0.1, 0.15) is 25.8 Å². The second-order valence-corrected chi connectivity index (χ2v) is 10.4. The van der Waals surface area contributed by atoms with Crippen LogP contribution in [-0.4, -0.2) is 29.7 Å². The van der Waals surface area contributed by atoms with Crippen molar-refractivity contribution in [2.75, 3.05) is 0 Å². The first-order valence-electron chi connectivity index (χ1n) is 10.1. The van der Waals surface area contributed by atoms with Crippen molar-refractivity contribution in [1.29, 1.82) is 0 Å². The van der Waals surface area contributed by atoms with Crippen LogP contribution in [0.25, 0.3) is 0 Å². The molecule has 0 unspecified atom stereocenters. The Kier molecular flexibility index (Phi) is 8.20. The Hall–Kier alpha value is -2.79. The van der Waals surface area contributed by atoms with E-state index in [1.807, 2.05) is 26.0 Å². The molecule has 0 atom stereocenters. The number of amides is 1. The lowest BCUT2D eigenvalue weighted by atomic mass is 10.1. The van der Waals surface area contributed by atoms with Crippen molar-refractivity contribution in [2.45, 2.75) is 36.7 Å². The maximum atomic E-state index is 13.2. The first-order valence-corrected chi connectivity index (χ1v) is 12.4. The third kappa shape index (κ3) is 6.61. The Balaban J connectivity index is 1.76. The van der Waals surface area contributed by atoms with E-state index in [2.05, 4.69) is 26.3 Å². The SMILES string of the molecule is CC(C)CC(=O)N(O)NCc1cccnc1S(=O)(=O)c1ccc(Oc2ccc(Br)cc2)cc1. The molecule has 2 N–H and O–H groups in total. The van der Waals surface area contributed by atoms with Gasteiger partial charge in [-0.15, -0.1) is 0 Å². The Labute approximate surface area is 201 Å². The fourth-order valence-electron chi connectivity index (χ4n) is 2.92. The molecule has 0 aliphatic rings. The molecule has 8 nitrogen and oxygen atoms in total. The summed E-state index contributed by atoms with van der Waals surface area (Å²) in [6.45, 7) is 3.60. The molecule has 0 saturated heterocycles. The quantitative estimate of drug-likeness (QED) is 0.302. The fourth-order valence-corrected chi connectivity index (χ4v) is 4.59. The van der Waals surface area contributed by atoms with Gasteiger partial charge in [-0.3, -0.25) is 10.0 Å². The number of aromatic nitrogens is 1. The highest BCUT2D eigenvalue weighted by Gasteiger charge is 2.23. The molecule has 3 rings (SSSR count). The Morgan fingerprint density at radius 1 is 1.09 bits per heavy atom. The Morgan fingerprint density at radius 3 is 2.30 bits per heavy atom. The van der Waals surface area contributed by atoms with Crippen LogP contribution >= 0.6 is 15.9 Å². The van der Waals surface area contributed by atoms with Crippen LogP contribution in [-0.2, 0) is 21.2 Å². The minimum absolute atomic E-state index is 0.0438. The van der Waals surface area contributed by atoms with Crippen molar-refractivity contribution in [2.24, 2.45) is 5.92 Å². The molecule has 0 spiro atoms. The maximum Gasteiger partial charge on any atom is 0.261 e. The van der Waals surface area contributed by atoms with Crippen molar-refractivity contribution in [3.63, 3.8) is 0 Å². The van der Waals surface area contributed by atoms with E-state index in [1.54, 1.807) is 36.4 Å². The molecule has 0 bridgehead atoms. The van der Waals surface area contributed by atoms with Crippen LogP contribution in [0.5, 0.6) is 11.5 Å². The summed E-state index contributed by atoms with van der Waals surface area (Å²) in [5.41, 5.74) is 2.83. The molecule has 0 aliphatic heterocycles. The summed E-state index contributed by atoms with van der Waals surface area (Å²) in [5.74, 6) is 0.657. The molecule has 1 heterocycles. The number of carbonyl (C=O) groups excluding carboxylic acids is 1. The van der Waals surface area contributed by atoms with Crippen LogP contribution in [0, 0.1) is 5.92 Å².